The van der Waals surface area contributed by atoms with Crippen molar-refractivity contribution in [3.63, 3.8) is 0 Å². The molecule has 1 fully saturated rings. The maximum atomic E-state index is 13.4. The highest BCUT2D eigenvalue weighted by molar-refractivity contribution is 6.09. The van der Waals surface area contributed by atoms with Gasteiger partial charge in [0.15, 0.2) is 0 Å². The number of para-hydroxylation sites is 1. The fourth-order valence-electron chi connectivity index (χ4n) is 4.50. The Morgan fingerprint density at radius 1 is 1.24 bits per heavy atom. The summed E-state index contributed by atoms with van der Waals surface area (Å²) in [5.74, 6) is 0.220. The van der Waals surface area contributed by atoms with E-state index in [1.807, 2.05) is 34.1 Å². The lowest BCUT2D eigenvalue weighted by molar-refractivity contribution is -0.130. The molecule has 0 aliphatic carbocycles. The van der Waals surface area contributed by atoms with E-state index in [4.69, 9.17) is 4.74 Å². The van der Waals surface area contributed by atoms with Crippen molar-refractivity contribution in [2.75, 3.05) is 38.3 Å². The zero-order valence-electron chi connectivity index (χ0n) is 16.8. The first-order valence-electron chi connectivity index (χ1n) is 10.2. The van der Waals surface area contributed by atoms with E-state index >= 15 is 0 Å². The van der Waals surface area contributed by atoms with E-state index in [0.29, 0.717) is 52.0 Å². The number of hydrogen-bond acceptors (Lipinski definition) is 5. The second-order valence-electron chi connectivity index (χ2n) is 7.73. The van der Waals surface area contributed by atoms with Gasteiger partial charge in [0, 0.05) is 52.0 Å². The number of carbonyl (C=O) groups excluding carboxylic acids is 2. The summed E-state index contributed by atoms with van der Waals surface area (Å²) in [5.41, 5.74) is 1.43. The molecule has 4 rings (SSSR count). The number of aryl methyl sites for hydroxylation is 1. The summed E-state index contributed by atoms with van der Waals surface area (Å²) in [6, 6.07) is 8.01. The van der Waals surface area contributed by atoms with Crippen molar-refractivity contribution in [1.29, 1.82) is 0 Å². The van der Waals surface area contributed by atoms with Crippen molar-refractivity contribution < 1.29 is 14.3 Å². The molecule has 2 aliphatic rings. The minimum absolute atomic E-state index is 0.102. The number of fused-ring (bicyclic) bond motifs is 2. The van der Waals surface area contributed by atoms with Crippen LogP contribution in [0.15, 0.2) is 36.9 Å². The quantitative estimate of drug-likeness (QED) is 0.632. The number of benzene rings is 1. The maximum Gasteiger partial charge on any atom is 0.239 e. The third-order valence-corrected chi connectivity index (χ3v) is 5.96. The molecule has 0 saturated carbocycles. The molecule has 2 aliphatic heterocycles. The second-order valence-corrected chi connectivity index (χ2v) is 7.73. The first kappa shape index (κ1) is 19.6. The topological polar surface area (TPSA) is 80.6 Å². The number of methoxy groups -OCH3 is 1. The molecule has 8 nitrogen and oxygen atoms in total. The van der Waals surface area contributed by atoms with Crippen LogP contribution in [-0.2, 0) is 26.3 Å². The fourth-order valence-corrected chi connectivity index (χ4v) is 4.50. The van der Waals surface area contributed by atoms with Crippen molar-refractivity contribution >= 4 is 17.5 Å². The summed E-state index contributed by atoms with van der Waals surface area (Å²) in [5, 5.41) is 4.06. The van der Waals surface area contributed by atoms with E-state index in [1.165, 1.54) is 6.33 Å². The lowest BCUT2D eigenvalue weighted by Crippen LogP contribution is -2.43. The maximum absolute atomic E-state index is 13.4. The standard InChI is InChI=1S/C21H27N5O3/c1-29-13-5-11-26-18-7-3-2-6-17(18)21(20(26)28)9-12-24(14-21)19(27)8-4-10-25-16-22-15-23-25/h2-3,6-7,15-16H,4-5,8-14H2,1H3. The van der Waals surface area contributed by atoms with Gasteiger partial charge in [-0.3, -0.25) is 14.3 Å². The van der Waals surface area contributed by atoms with Crippen molar-refractivity contribution in [1.82, 2.24) is 19.7 Å². The van der Waals surface area contributed by atoms with E-state index < -0.39 is 5.41 Å². The number of rotatable bonds is 8. The van der Waals surface area contributed by atoms with Crippen LogP contribution in [-0.4, -0.2) is 64.8 Å². The molecule has 8 heteroatoms. The van der Waals surface area contributed by atoms with Crippen molar-refractivity contribution in [3.05, 3.63) is 42.5 Å². The van der Waals surface area contributed by atoms with Gasteiger partial charge in [-0.25, -0.2) is 4.98 Å². The van der Waals surface area contributed by atoms with Crippen LogP contribution in [0.25, 0.3) is 0 Å². The average Bonchev–Trinajstić information content (AvgIpc) is 3.45. The molecule has 3 heterocycles. The molecule has 2 amide bonds. The van der Waals surface area contributed by atoms with Gasteiger partial charge in [-0.1, -0.05) is 18.2 Å². The van der Waals surface area contributed by atoms with E-state index in [-0.39, 0.29) is 11.8 Å². The molecule has 0 radical (unpaired) electrons. The first-order chi connectivity index (χ1) is 14.2. The smallest absolute Gasteiger partial charge is 0.239 e. The van der Waals surface area contributed by atoms with Crippen LogP contribution in [0.4, 0.5) is 5.69 Å². The molecule has 29 heavy (non-hydrogen) atoms. The third-order valence-electron chi connectivity index (χ3n) is 5.96. The molecule has 1 atom stereocenters. The number of aromatic nitrogens is 3. The van der Waals surface area contributed by atoms with Gasteiger partial charge >= 0.3 is 0 Å². The summed E-state index contributed by atoms with van der Waals surface area (Å²) in [6.07, 6.45) is 5.77. The molecule has 1 aromatic heterocycles. The number of amides is 2. The van der Waals surface area contributed by atoms with E-state index in [9.17, 15) is 9.59 Å². The molecule has 1 aromatic carbocycles. The van der Waals surface area contributed by atoms with Gasteiger partial charge in [-0.15, -0.1) is 0 Å². The summed E-state index contributed by atoms with van der Waals surface area (Å²) in [6.45, 7) is 3.01. The van der Waals surface area contributed by atoms with Crippen LogP contribution in [0.1, 0.15) is 31.2 Å². The predicted octanol–water partition coefficient (Wildman–Crippen LogP) is 1.61. The zero-order chi connectivity index (χ0) is 20.3. The third kappa shape index (κ3) is 3.64. The zero-order valence-corrected chi connectivity index (χ0v) is 16.8. The summed E-state index contributed by atoms with van der Waals surface area (Å²) in [7, 11) is 1.67. The Morgan fingerprint density at radius 3 is 2.90 bits per heavy atom. The van der Waals surface area contributed by atoms with Gasteiger partial charge in [0.25, 0.3) is 0 Å². The van der Waals surface area contributed by atoms with Crippen molar-refractivity contribution in [2.45, 2.75) is 37.6 Å². The van der Waals surface area contributed by atoms with Crippen LogP contribution in [0.3, 0.4) is 0 Å². The summed E-state index contributed by atoms with van der Waals surface area (Å²) >= 11 is 0. The van der Waals surface area contributed by atoms with E-state index in [0.717, 1.165) is 17.7 Å². The molecule has 1 saturated heterocycles. The fraction of sp³-hybridized carbons (Fsp3) is 0.524. The molecule has 1 unspecified atom stereocenters. The van der Waals surface area contributed by atoms with Crippen molar-refractivity contribution in [2.24, 2.45) is 0 Å². The van der Waals surface area contributed by atoms with Crippen LogP contribution < -0.4 is 4.90 Å². The Bertz CT molecular complexity index is 869. The molecular weight excluding hydrogens is 370 g/mol. The van der Waals surface area contributed by atoms with E-state index in [1.54, 1.807) is 18.1 Å². The average molecular weight is 397 g/mol. The number of anilines is 1. The lowest BCUT2D eigenvalue weighted by atomic mass is 9.81. The Balaban J connectivity index is 1.44. The minimum atomic E-state index is -0.606. The monoisotopic (exact) mass is 397 g/mol. The van der Waals surface area contributed by atoms with Gasteiger partial charge in [0.05, 0.1) is 5.41 Å². The molecule has 0 bridgehead atoms. The number of nitrogens with zero attached hydrogens (tertiary/aromatic N) is 5. The molecule has 154 valence electrons. The number of carbonyl (C=O) groups is 2. The van der Waals surface area contributed by atoms with Gasteiger partial charge in [-0.05, 0) is 30.9 Å². The normalized spacial score (nSPS) is 20.7. The highest BCUT2D eigenvalue weighted by atomic mass is 16.5. The number of ether oxygens (including phenoxy) is 1. The van der Waals surface area contributed by atoms with Crippen molar-refractivity contribution in [3.8, 4) is 0 Å². The van der Waals surface area contributed by atoms with Crippen LogP contribution in [0, 0.1) is 0 Å². The lowest BCUT2D eigenvalue weighted by Gasteiger charge is -2.24. The second kappa shape index (κ2) is 8.32. The first-order valence-corrected chi connectivity index (χ1v) is 10.2. The Labute approximate surface area is 170 Å². The van der Waals surface area contributed by atoms with Gasteiger partial charge in [0.1, 0.15) is 12.7 Å². The molecular formula is C21H27N5O3. The molecule has 1 spiro atoms. The minimum Gasteiger partial charge on any atom is -0.385 e. The van der Waals surface area contributed by atoms with Gasteiger partial charge in [0.2, 0.25) is 11.8 Å². The van der Waals surface area contributed by atoms with Gasteiger partial charge < -0.3 is 14.5 Å². The highest BCUT2D eigenvalue weighted by Gasteiger charge is 2.54. The number of likely N-dealkylation sites (tertiary alicyclic amines) is 1. The van der Waals surface area contributed by atoms with E-state index in [2.05, 4.69) is 10.1 Å². The predicted molar refractivity (Wildman–Crippen MR) is 107 cm³/mol. The Kier molecular flexibility index (Phi) is 5.62. The highest BCUT2D eigenvalue weighted by Crippen LogP contribution is 2.47. The van der Waals surface area contributed by atoms with Crippen LogP contribution in [0.2, 0.25) is 0 Å². The SMILES string of the molecule is COCCCN1C(=O)C2(CCN(C(=O)CCCn3cncn3)C2)c2ccccc21. The Hall–Kier alpha value is -2.74. The molecule has 0 N–H and O–H groups in total. The summed E-state index contributed by atoms with van der Waals surface area (Å²) < 4.78 is 6.88. The Morgan fingerprint density at radius 2 is 2.10 bits per heavy atom. The summed E-state index contributed by atoms with van der Waals surface area (Å²) in [4.78, 5) is 33.9. The van der Waals surface area contributed by atoms with Crippen LogP contribution in [0.5, 0.6) is 0 Å². The van der Waals surface area contributed by atoms with Gasteiger partial charge in [-0.2, -0.15) is 5.10 Å². The largest absolute Gasteiger partial charge is 0.385 e. The number of hydrogen-bond donors (Lipinski definition) is 0. The van der Waals surface area contributed by atoms with Crippen LogP contribution >= 0.6 is 0 Å². The molecule has 2 aromatic rings.